The van der Waals surface area contributed by atoms with Gasteiger partial charge in [0.2, 0.25) is 0 Å². The van der Waals surface area contributed by atoms with E-state index < -0.39 is 11.6 Å². The smallest absolute Gasteiger partial charge is 0.337 e. The number of carboxylic acids is 1. The van der Waals surface area contributed by atoms with Crippen molar-refractivity contribution in [2.75, 3.05) is 19.7 Å². The summed E-state index contributed by atoms with van der Waals surface area (Å²) in [6.07, 6.45) is 0.566. The standard InChI is InChI=1S/C7H13NO3/c1-2-11-7(6(9)10)3-4-8-5-7/h8H,2-5H2,1H3,(H,9,10). The maximum absolute atomic E-state index is 10.7. The highest BCUT2D eigenvalue weighted by atomic mass is 16.5. The Bertz CT molecular complexity index is 152. The molecule has 1 fully saturated rings. The zero-order chi connectivity index (χ0) is 8.32. The van der Waals surface area contributed by atoms with Crippen molar-refractivity contribution in [1.82, 2.24) is 5.32 Å². The second-order valence-corrected chi connectivity index (χ2v) is 2.66. The van der Waals surface area contributed by atoms with E-state index in [1.54, 1.807) is 0 Å². The third-order valence-corrected chi connectivity index (χ3v) is 1.93. The van der Waals surface area contributed by atoms with Crippen LogP contribution in [-0.2, 0) is 9.53 Å². The average Bonchev–Trinajstić information content (AvgIpc) is 2.38. The van der Waals surface area contributed by atoms with E-state index in [-0.39, 0.29) is 0 Å². The van der Waals surface area contributed by atoms with Gasteiger partial charge in [0.25, 0.3) is 0 Å². The highest BCUT2D eigenvalue weighted by Gasteiger charge is 2.42. The number of rotatable bonds is 3. The molecule has 4 heteroatoms. The van der Waals surface area contributed by atoms with Crippen LogP contribution >= 0.6 is 0 Å². The fourth-order valence-corrected chi connectivity index (χ4v) is 1.31. The lowest BCUT2D eigenvalue weighted by Gasteiger charge is -2.22. The summed E-state index contributed by atoms with van der Waals surface area (Å²) in [6.45, 7) is 3.42. The van der Waals surface area contributed by atoms with Crippen LogP contribution in [0.25, 0.3) is 0 Å². The van der Waals surface area contributed by atoms with Crippen LogP contribution in [0, 0.1) is 0 Å². The van der Waals surface area contributed by atoms with E-state index in [2.05, 4.69) is 5.32 Å². The summed E-state index contributed by atoms with van der Waals surface area (Å²) in [5, 5.41) is 11.8. The van der Waals surface area contributed by atoms with E-state index in [0.717, 1.165) is 6.54 Å². The molecule has 0 saturated carbocycles. The van der Waals surface area contributed by atoms with Crippen LogP contribution in [0.5, 0.6) is 0 Å². The van der Waals surface area contributed by atoms with Crippen molar-refractivity contribution in [3.8, 4) is 0 Å². The van der Waals surface area contributed by atoms with Crippen LogP contribution in [0.1, 0.15) is 13.3 Å². The molecule has 64 valence electrons. The molecule has 1 aliphatic rings. The van der Waals surface area contributed by atoms with E-state index in [1.165, 1.54) is 0 Å². The molecule has 1 atom stereocenters. The molecule has 0 aliphatic carbocycles. The molecule has 1 saturated heterocycles. The molecule has 0 aromatic heterocycles. The van der Waals surface area contributed by atoms with Crippen LogP contribution in [0.2, 0.25) is 0 Å². The van der Waals surface area contributed by atoms with Crippen molar-refractivity contribution < 1.29 is 14.6 Å². The lowest BCUT2D eigenvalue weighted by Crippen LogP contribution is -2.43. The summed E-state index contributed by atoms with van der Waals surface area (Å²) < 4.78 is 5.19. The molecule has 0 bridgehead atoms. The fourth-order valence-electron chi connectivity index (χ4n) is 1.31. The van der Waals surface area contributed by atoms with Gasteiger partial charge in [0, 0.05) is 19.6 Å². The number of carboxylic acid groups (broad SMARTS) is 1. The van der Waals surface area contributed by atoms with Gasteiger partial charge < -0.3 is 15.2 Å². The van der Waals surface area contributed by atoms with E-state index in [4.69, 9.17) is 9.84 Å². The first kappa shape index (κ1) is 8.49. The van der Waals surface area contributed by atoms with Crippen LogP contribution in [0.3, 0.4) is 0 Å². The van der Waals surface area contributed by atoms with Gasteiger partial charge in [-0.25, -0.2) is 4.79 Å². The molecular formula is C7H13NO3. The first-order chi connectivity index (χ1) is 5.21. The number of hydrogen-bond acceptors (Lipinski definition) is 3. The number of hydrogen-bond donors (Lipinski definition) is 2. The second kappa shape index (κ2) is 3.19. The van der Waals surface area contributed by atoms with Gasteiger partial charge in [0.05, 0.1) is 0 Å². The van der Waals surface area contributed by atoms with E-state index in [0.29, 0.717) is 19.6 Å². The maximum Gasteiger partial charge on any atom is 0.337 e. The number of nitrogens with one attached hydrogen (secondary N) is 1. The Labute approximate surface area is 65.5 Å². The maximum atomic E-state index is 10.7. The third kappa shape index (κ3) is 1.52. The van der Waals surface area contributed by atoms with Gasteiger partial charge in [-0.3, -0.25) is 0 Å². The van der Waals surface area contributed by atoms with Crippen molar-refractivity contribution in [2.24, 2.45) is 0 Å². The Morgan fingerprint density at radius 2 is 2.55 bits per heavy atom. The predicted molar refractivity (Wildman–Crippen MR) is 39.5 cm³/mol. The van der Waals surface area contributed by atoms with Gasteiger partial charge >= 0.3 is 5.97 Å². The van der Waals surface area contributed by atoms with Gasteiger partial charge in [-0.05, 0) is 13.5 Å². The average molecular weight is 159 g/mol. The largest absolute Gasteiger partial charge is 0.479 e. The fraction of sp³-hybridized carbons (Fsp3) is 0.857. The predicted octanol–water partition coefficient (Wildman–Crippen LogP) is -0.160. The monoisotopic (exact) mass is 159 g/mol. The molecule has 1 unspecified atom stereocenters. The van der Waals surface area contributed by atoms with Gasteiger partial charge in [0.1, 0.15) is 0 Å². The second-order valence-electron chi connectivity index (χ2n) is 2.66. The number of aliphatic carboxylic acids is 1. The van der Waals surface area contributed by atoms with Crippen molar-refractivity contribution in [3.63, 3.8) is 0 Å². The van der Waals surface area contributed by atoms with E-state index >= 15 is 0 Å². The van der Waals surface area contributed by atoms with Crippen LogP contribution in [0.15, 0.2) is 0 Å². The Morgan fingerprint density at radius 3 is 2.91 bits per heavy atom. The highest BCUT2D eigenvalue weighted by molar-refractivity contribution is 5.78. The minimum Gasteiger partial charge on any atom is -0.479 e. The third-order valence-electron chi connectivity index (χ3n) is 1.93. The quantitative estimate of drug-likeness (QED) is 0.600. The normalized spacial score (nSPS) is 30.6. The van der Waals surface area contributed by atoms with Gasteiger partial charge in [0.15, 0.2) is 5.60 Å². The highest BCUT2D eigenvalue weighted by Crippen LogP contribution is 2.19. The SMILES string of the molecule is CCOC1(C(=O)O)CCNC1. The molecular weight excluding hydrogens is 146 g/mol. The molecule has 0 aromatic rings. The van der Waals surface area contributed by atoms with Gasteiger partial charge in [-0.1, -0.05) is 0 Å². The first-order valence-corrected chi connectivity index (χ1v) is 3.79. The Kier molecular flexibility index (Phi) is 2.46. The summed E-state index contributed by atoms with van der Waals surface area (Å²) in [4.78, 5) is 10.7. The summed E-state index contributed by atoms with van der Waals surface area (Å²) in [7, 11) is 0. The first-order valence-electron chi connectivity index (χ1n) is 3.79. The minimum atomic E-state index is -0.950. The van der Waals surface area contributed by atoms with Crippen LogP contribution in [-0.4, -0.2) is 36.4 Å². The molecule has 4 nitrogen and oxygen atoms in total. The summed E-state index contributed by atoms with van der Waals surface area (Å²) in [5.74, 6) is -0.857. The molecule has 11 heavy (non-hydrogen) atoms. The Balaban J connectivity index is 2.62. The summed E-state index contributed by atoms with van der Waals surface area (Å²) >= 11 is 0. The molecule has 0 spiro atoms. The summed E-state index contributed by atoms with van der Waals surface area (Å²) in [6, 6.07) is 0. The molecule has 0 aromatic carbocycles. The number of ether oxygens (including phenoxy) is 1. The van der Waals surface area contributed by atoms with E-state index in [1.807, 2.05) is 6.92 Å². The topological polar surface area (TPSA) is 58.6 Å². The summed E-state index contributed by atoms with van der Waals surface area (Å²) in [5.41, 5.74) is -0.950. The lowest BCUT2D eigenvalue weighted by molar-refractivity contribution is -0.162. The zero-order valence-corrected chi connectivity index (χ0v) is 6.59. The minimum absolute atomic E-state index is 0.427. The van der Waals surface area contributed by atoms with Crippen molar-refractivity contribution in [2.45, 2.75) is 18.9 Å². The van der Waals surface area contributed by atoms with Crippen molar-refractivity contribution in [3.05, 3.63) is 0 Å². The van der Waals surface area contributed by atoms with Crippen LogP contribution in [0.4, 0.5) is 0 Å². The molecule has 2 N–H and O–H groups in total. The Morgan fingerprint density at radius 1 is 1.82 bits per heavy atom. The molecule has 1 heterocycles. The van der Waals surface area contributed by atoms with Crippen molar-refractivity contribution >= 4 is 5.97 Å². The molecule has 0 radical (unpaired) electrons. The van der Waals surface area contributed by atoms with E-state index in [9.17, 15) is 4.79 Å². The van der Waals surface area contributed by atoms with Gasteiger partial charge in [-0.15, -0.1) is 0 Å². The van der Waals surface area contributed by atoms with Crippen LogP contribution < -0.4 is 5.32 Å². The Hall–Kier alpha value is -0.610. The molecule has 1 rings (SSSR count). The van der Waals surface area contributed by atoms with Crippen molar-refractivity contribution in [1.29, 1.82) is 0 Å². The molecule has 1 aliphatic heterocycles. The molecule has 0 amide bonds. The lowest BCUT2D eigenvalue weighted by atomic mass is 10.0. The zero-order valence-electron chi connectivity index (χ0n) is 6.59. The van der Waals surface area contributed by atoms with Gasteiger partial charge in [-0.2, -0.15) is 0 Å². The number of carbonyl (C=O) groups is 1.